The molecule has 9 heteroatoms. The number of hydrogen-bond donors (Lipinski definition) is 2. The number of likely N-dealkylation sites (tertiary alicyclic amines) is 1. The van der Waals surface area contributed by atoms with Gasteiger partial charge in [0, 0.05) is 30.1 Å². The first-order chi connectivity index (χ1) is 15.0. The first-order valence-electron chi connectivity index (χ1n) is 11.1. The van der Waals surface area contributed by atoms with Crippen LogP contribution in [0.1, 0.15) is 41.6 Å². The smallest absolute Gasteiger partial charge is 0.251 e. The summed E-state index contributed by atoms with van der Waals surface area (Å²) in [5.74, 6) is 1.47. The van der Waals surface area contributed by atoms with Crippen molar-refractivity contribution in [3.05, 3.63) is 41.6 Å². The van der Waals surface area contributed by atoms with Crippen molar-refractivity contribution in [1.82, 2.24) is 20.2 Å². The van der Waals surface area contributed by atoms with Gasteiger partial charge in [-0.3, -0.25) is 4.79 Å². The maximum absolute atomic E-state index is 11.9. The van der Waals surface area contributed by atoms with Gasteiger partial charge in [0.1, 0.15) is 0 Å². The summed E-state index contributed by atoms with van der Waals surface area (Å²) in [6, 6.07) is 7.95. The summed E-state index contributed by atoms with van der Waals surface area (Å²) in [5.41, 5.74) is 2.68. The number of piperidine rings is 1. The van der Waals surface area contributed by atoms with E-state index in [4.69, 9.17) is 4.98 Å². The number of thiophene rings is 1. The maximum Gasteiger partial charge on any atom is 0.251 e. The van der Waals surface area contributed by atoms with Crippen molar-refractivity contribution in [2.75, 3.05) is 39.0 Å². The summed E-state index contributed by atoms with van der Waals surface area (Å²) in [7, 11) is 3.86. The van der Waals surface area contributed by atoms with Gasteiger partial charge in [-0.1, -0.05) is 6.07 Å². The Kier molecular flexibility index (Phi) is 10.4. The fourth-order valence-electron chi connectivity index (χ4n) is 4.15. The highest BCUT2D eigenvalue weighted by molar-refractivity contribution is 7.22. The average Bonchev–Trinajstić information content (AvgIpc) is 3.21. The fraction of sp³-hybridized carbons (Fsp3) is 0.458. The number of nitrogens with one attached hydrogen (secondary N) is 2. The molecule has 1 aromatic carbocycles. The molecule has 0 atom stereocenters. The lowest BCUT2D eigenvalue weighted by atomic mass is 9.92. The number of aryl methyl sites for hydroxylation is 1. The Bertz CT molecular complexity index is 1070. The topological polar surface area (TPSA) is 70.2 Å². The lowest BCUT2D eigenvalue weighted by molar-refractivity contribution is 0.0963. The molecule has 2 N–H and O–H groups in total. The van der Waals surface area contributed by atoms with E-state index in [1.165, 1.54) is 32.4 Å². The van der Waals surface area contributed by atoms with Crippen molar-refractivity contribution in [3.63, 3.8) is 0 Å². The molecule has 0 radical (unpaired) electrons. The summed E-state index contributed by atoms with van der Waals surface area (Å²) in [6.07, 6.45) is 6.93. The molecule has 6 nitrogen and oxygen atoms in total. The molecule has 0 aliphatic carbocycles. The number of aromatic nitrogens is 2. The zero-order valence-corrected chi connectivity index (χ0v) is 21.8. The summed E-state index contributed by atoms with van der Waals surface area (Å²) in [6.45, 7) is 5.39. The van der Waals surface area contributed by atoms with Crippen LogP contribution < -0.4 is 10.6 Å². The zero-order valence-electron chi connectivity index (χ0n) is 19.4. The van der Waals surface area contributed by atoms with E-state index >= 15 is 0 Å². The molecule has 1 aliphatic rings. The molecule has 2 aromatic heterocycles. The molecule has 0 bridgehead atoms. The van der Waals surface area contributed by atoms with Crippen LogP contribution in [0.3, 0.4) is 0 Å². The van der Waals surface area contributed by atoms with E-state index in [1.54, 1.807) is 18.4 Å². The van der Waals surface area contributed by atoms with Crippen molar-refractivity contribution in [1.29, 1.82) is 0 Å². The van der Waals surface area contributed by atoms with Crippen LogP contribution in [0.15, 0.2) is 30.5 Å². The van der Waals surface area contributed by atoms with Crippen LogP contribution in [-0.4, -0.2) is 54.5 Å². The van der Waals surface area contributed by atoms with Gasteiger partial charge in [0.2, 0.25) is 5.95 Å². The van der Waals surface area contributed by atoms with E-state index in [0.717, 1.165) is 45.1 Å². The van der Waals surface area contributed by atoms with Crippen LogP contribution in [0.25, 0.3) is 20.7 Å². The molecule has 33 heavy (non-hydrogen) atoms. The first-order valence-corrected chi connectivity index (χ1v) is 11.9. The number of amides is 1. The van der Waals surface area contributed by atoms with Crippen LogP contribution in [0.5, 0.6) is 0 Å². The van der Waals surface area contributed by atoms with Gasteiger partial charge in [0.25, 0.3) is 5.91 Å². The highest BCUT2D eigenvalue weighted by atomic mass is 35.5. The summed E-state index contributed by atoms with van der Waals surface area (Å²) in [5, 5.41) is 7.22. The Balaban J connectivity index is 0.00000193. The number of carbonyl (C=O) groups is 1. The maximum atomic E-state index is 11.9. The number of rotatable bonds is 7. The Labute approximate surface area is 212 Å². The van der Waals surface area contributed by atoms with E-state index < -0.39 is 0 Å². The molecule has 180 valence electrons. The normalized spacial score (nSPS) is 14.4. The Morgan fingerprint density at radius 1 is 1.21 bits per heavy atom. The van der Waals surface area contributed by atoms with Crippen LogP contribution >= 0.6 is 36.2 Å². The lowest BCUT2D eigenvalue weighted by Gasteiger charge is -2.28. The minimum Gasteiger partial charge on any atom is -0.355 e. The van der Waals surface area contributed by atoms with Crippen molar-refractivity contribution in [2.45, 2.75) is 32.6 Å². The molecule has 1 fully saturated rings. The van der Waals surface area contributed by atoms with Gasteiger partial charge in [-0.05, 0) is 87.8 Å². The van der Waals surface area contributed by atoms with Crippen LogP contribution in [-0.2, 0) is 0 Å². The zero-order chi connectivity index (χ0) is 21.8. The second-order valence-corrected chi connectivity index (χ2v) is 9.57. The molecule has 0 saturated carbocycles. The number of benzene rings is 1. The molecule has 4 rings (SSSR count). The van der Waals surface area contributed by atoms with Crippen molar-refractivity contribution in [3.8, 4) is 10.6 Å². The molecule has 1 aliphatic heterocycles. The van der Waals surface area contributed by atoms with E-state index in [-0.39, 0.29) is 30.7 Å². The summed E-state index contributed by atoms with van der Waals surface area (Å²) in [4.78, 5) is 24.7. The first kappa shape index (κ1) is 27.3. The van der Waals surface area contributed by atoms with Crippen LogP contribution in [0.4, 0.5) is 5.95 Å². The van der Waals surface area contributed by atoms with Gasteiger partial charge in [-0.2, -0.15) is 0 Å². The number of anilines is 1. The van der Waals surface area contributed by atoms with Gasteiger partial charge in [0.05, 0.1) is 10.6 Å². The molecule has 0 unspecified atom stereocenters. The van der Waals surface area contributed by atoms with Gasteiger partial charge in [0.15, 0.2) is 0 Å². The minimum absolute atomic E-state index is 0. The predicted molar refractivity (Wildman–Crippen MR) is 143 cm³/mol. The Hall–Kier alpha value is -1.93. The summed E-state index contributed by atoms with van der Waals surface area (Å²) < 4.78 is 1.08. The monoisotopic (exact) mass is 509 g/mol. The Morgan fingerprint density at radius 3 is 2.70 bits per heavy atom. The molecule has 1 saturated heterocycles. The average molecular weight is 511 g/mol. The molecule has 0 spiro atoms. The number of carbonyl (C=O) groups excluding carboxylic acids is 1. The lowest BCUT2D eigenvalue weighted by Crippen LogP contribution is -2.30. The number of hydrogen-bond acceptors (Lipinski definition) is 6. The van der Waals surface area contributed by atoms with Gasteiger partial charge >= 0.3 is 0 Å². The number of nitrogens with zero attached hydrogens (tertiary/aromatic N) is 3. The second-order valence-electron chi connectivity index (χ2n) is 8.48. The molecular formula is C24H33Cl2N5OS. The molecular weight excluding hydrogens is 477 g/mol. The van der Waals surface area contributed by atoms with E-state index in [1.807, 2.05) is 31.3 Å². The van der Waals surface area contributed by atoms with Gasteiger partial charge in [-0.15, -0.1) is 36.2 Å². The predicted octanol–water partition coefficient (Wildman–Crippen LogP) is 5.40. The third-order valence-electron chi connectivity index (χ3n) is 6.12. The SMILES string of the molecule is CNC(=O)c1ccc2cc(-c3nc(NCCCC4CCN(C)CC4)ncc3C)sc2c1.Cl.Cl. The van der Waals surface area contributed by atoms with E-state index in [2.05, 4.69) is 33.6 Å². The molecule has 1 amide bonds. The quantitative estimate of drug-likeness (QED) is 0.417. The number of halogens is 2. The third kappa shape index (κ3) is 6.79. The summed E-state index contributed by atoms with van der Waals surface area (Å²) >= 11 is 1.66. The van der Waals surface area contributed by atoms with Crippen molar-refractivity contribution < 1.29 is 4.79 Å². The highest BCUT2D eigenvalue weighted by Crippen LogP contribution is 2.35. The third-order valence-corrected chi connectivity index (χ3v) is 7.23. The molecule has 3 heterocycles. The van der Waals surface area contributed by atoms with Crippen molar-refractivity contribution in [2.24, 2.45) is 5.92 Å². The number of fused-ring (bicyclic) bond motifs is 1. The fourth-order valence-corrected chi connectivity index (χ4v) is 5.31. The second kappa shape index (κ2) is 12.5. The van der Waals surface area contributed by atoms with Crippen LogP contribution in [0, 0.1) is 12.8 Å². The van der Waals surface area contributed by atoms with Crippen LogP contribution in [0.2, 0.25) is 0 Å². The van der Waals surface area contributed by atoms with E-state index in [0.29, 0.717) is 11.5 Å². The Morgan fingerprint density at radius 2 is 1.97 bits per heavy atom. The van der Waals surface area contributed by atoms with Crippen molar-refractivity contribution >= 4 is 58.1 Å². The minimum atomic E-state index is -0.0678. The largest absolute Gasteiger partial charge is 0.355 e. The van der Waals surface area contributed by atoms with Gasteiger partial charge in [-0.25, -0.2) is 9.97 Å². The van der Waals surface area contributed by atoms with E-state index in [9.17, 15) is 4.79 Å². The standard InChI is InChI=1S/C24H31N5OS.2ClH/c1-16-15-27-24(26-10-4-5-17-8-11-29(3)12-9-17)28-22(16)21-13-18-6-7-19(23(30)25-2)14-20(18)31-21;;/h6-7,13-15,17H,4-5,8-12H2,1-3H3,(H,25,30)(H,26,27,28);2*1H. The van der Waals surface area contributed by atoms with Gasteiger partial charge < -0.3 is 15.5 Å². The highest BCUT2D eigenvalue weighted by Gasteiger charge is 2.16. The molecule has 3 aromatic rings.